The molecule has 3 aliphatic heterocycles. The molecule has 0 saturated carbocycles. The molecule has 79 heavy (non-hydrogen) atoms. The molecule has 0 spiro atoms. The summed E-state index contributed by atoms with van der Waals surface area (Å²) in [7, 11) is -26.0. The van der Waals surface area contributed by atoms with Gasteiger partial charge in [0.1, 0.15) is 23.8 Å². The van der Waals surface area contributed by atoms with E-state index in [1.165, 1.54) is 30.5 Å². The first kappa shape index (κ1) is 61.3. The number of nitrogens with one attached hydrogen (secondary N) is 2. The highest BCUT2D eigenvalue weighted by Gasteiger charge is 2.47. The van der Waals surface area contributed by atoms with Crippen LogP contribution < -0.4 is 21.5 Å². The van der Waals surface area contributed by atoms with Crippen molar-refractivity contribution in [3.8, 4) is 0 Å². The Labute approximate surface area is 453 Å². The second-order valence-electron chi connectivity index (χ2n) is 19.5. The van der Waals surface area contributed by atoms with Crippen LogP contribution in [-0.2, 0) is 67.4 Å². The molecule has 1 aromatic heterocycles. The maximum absolute atomic E-state index is 13.0. The van der Waals surface area contributed by atoms with Crippen LogP contribution in [0.2, 0.25) is 0 Å². The number of rotatable bonds is 22. The van der Waals surface area contributed by atoms with Crippen LogP contribution in [0.1, 0.15) is 89.6 Å². The summed E-state index contributed by atoms with van der Waals surface area (Å²) >= 11 is 0. The molecule has 1 amide bonds. The van der Waals surface area contributed by atoms with E-state index >= 15 is 0 Å². The van der Waals surface area contributed by atoms with Gasteiger partial charge in [-0.2, -0.15) is 30.0 Å². The van der Waals surface area contributed by atoms with Crippen molar-refractivity contribution in [3.63, 3.8) is 0 Å². The summed E-state index contributed by atoms with van der Waals surface area (Å²) in [5.41, 5.74) is 1.80. The summed E-state index contributed by atoms with van der Waals surface area (Å²) in [5, 5.41) is 14.1. The standard InChI is InChI=1S/C48H58N5O21P3S2/c1-6-51-35-21-19-31(78(65,66)67)26-34(35)47(2,3)40(51)16-9-7-10-17-41-48(4,5)44-33-14-13-15-39(79(68,69)70)32(33)20-22-36(44)52(41)25-12-8-11-18-42(55)49-24-23-30-28-53(46(57)50-45(30)56)43-27-37(54)38(72-43)29-71-76(61,62)74-77(63,64)73-75(58,59)60/h7,9-10,13-17,19-24,26,28,37-38,43,54H,6,8,11-12,18,25,27,29H2,1-5H3,(H7-,49,50,55,56,57,58,59,60,61,62,63,64,65,66,67,68,69,70)/p+1/b24-23+/t37-,38+,43+/m0/s1. The molecule has 4 aromatic rings. The fraction of sp³-hybridized carbons (Fsp3) is 0.375. The molecule has 4 heterocycles. The average Bonchev–Trinajstić information content (AvgIpc) is 4.14. The second-order valence-corrected chi connectivity index (χ2v) is 26.8. The number of likely N-dealkylation sites (N-methyl/N-ethyl adjacent to an activating group) is 1. The van der Waals surface area contributed by atoms with Crippen molar-refractivity contribution in [2.24, 2.45) is 0 Å². The van der Waals surface area contributed by atoms with Crippen molar-refractivity contribution in [1.29, 1.82) is 0 Å². The number of carbonyl (C=O) groups is 1. The zero-order valence-corrected chi connectivity index (χ0v) is 47.3. The molecule has 0 bridgehead atoms. The Morgan fingerprint density at radius 3 is 2.28 bits per heavy atom. The number of nitrogens with zero attached hydrogens (tertiary/aromatic N) is 3. The lowest BCUT2D eigenvalue weighted by Gasteiger charge is -2.25. The minimum absolute atomic E-state index is 0.0801. The van der Waals surface area contributed by atoms with Crippen LogP contribution in [0.3, 0.4) is 0 Å². The van der Waals surface area contributed by atoms with Crippen LogP contribution in [0.5, 0.6) is 0 Å². The number of aromatic amines is 1. The van der Waals surface area contributed by atoms with Crippen molar-refractivity contribution < 1.29 is 91.6 Å². The molecular formula is C48H59N5O21P3S2+. The first-order valence-corrected chi connectivity index (χ1v) is 31.6. The maximum atomic E-state index is 13.0. The molecule has 5 atom stereocenters. The lowest BCUT2D eigenvalue weighted by Crippen LogP contribution is -2.33. The Kier molecular flexibility index (Phi) is 18.0. The number of hydrogen-bond acceptors (Lipinski definition) is 16. The van der Waals surface area contributed by atoms with Crippen LogP contribution in [0.4, 0.5) is 11.4 Å². The predicted octanol–water partition coefficient (Wildman–Crippen LogP) is 5.71. The molecule has 26 nitrogen and oxygen atoms in total. The summed E-state index contributed by atoms with van der Waals surface area (Å²) in [6.45, 7) is 10.1. The van der Waals surface area contributed by atoms with E-state index in [4.69, 9.17) is 14.5 Å². The Morgan fingerprint density at radius 1 is 0.886 bits per heavy atom. The SMILES string of the molecule is CCN1/C(=C/C=C/C=C/C2=[N+](CCCCCC(=O)N/C=C/c3cn([C@H]4C[C@H](O)[C@@H](COP(=O)(O)OP(=O)(O)OP(=O)(O)O)O4)c(=O)[nH]c3=O)c3ccc4c(S(=O)(=O)O)cccc4c3C2(C)C)C(C)(C)c2cc(S(=O)(=O)O)ccc21. The zero-order chi connectivity index (χ0) is 58.3. The molecule has 3 aliphatic rings. The van der Waals surface area contributed by atoms with Gasteiger partial charge in [0.2, 0.25) is 11.6 Å². The summed E-state index contributed by atoms with van der Waals surface area (Å²) in [4.78, 5) is 78.7. The minimum atomic E-state index is -5.82. The lowest BCUT2D eigenvalue weighted by atomic mass is 9.79. The molecule has 2 unspecified atom stereocenters. The third-order valence-electron chi connectivity index (χ3n) is 13.5. The number of aliphatic hydroxyl groups excluding tert-OH is 1. The number of phosphoric acid groups is 3. The number of carbonyl (C=O) groups excluding carboxylic acids is 1. The first-order valence-electron chi connectivity index (χ1n) is 24.2. The summed E-state index contributed by atoms with van der Waals surface area (Å²) in [6.07, 6.45) is 10.2. The molecule has 31 heteroatoms. The summed E-state index contributed by atoms with van der Waals surface area (Å²) in [6, 6.07) is 12.8. The Bertz CT molecular complexity index is 3750. The number of aromatic nitrogens is 2. The summed E-state index contributed by atoms with van der Waals surface area (Å²) in [5.74, 6) is -0.400. The van der Waals surface area contributed by atoms with Crippen LogP contribution in [0.15, 0.2) is 116 Å². The Balaban J connectivity index is 1.01. The van der Waals surface area contributed by atoms with E-state index < -0.39 is 96.7 Å². The van der Waals surface area contributed by atoms with Crippen LogP contribution in [0.25, 0.3) is 16.8 Å². The van der Waals surface area contributed by atoms with Gasteiger partial charge in [0, 0.05) is 78.1 Å². The fourth-order valence-corrected chi connectivity index (χ4v) is 14.2. The first-order chi connectivity index (χ1) is 36.6. The predicted molar refractivity (Wildman–Crippen MR) is 287 cm³/mol. The fourth-order valence-electron chi connectivity index (χ4n) is 9.94. The van der Waals surface area contributed by atoms with Gasteiger partial charge in [0.25, 0.3) is 25.8 Å². The molecule has 0 aliphatic carbocycles. The van der Waals surface area contributed by atoms with E-state index in [1.807, 2.05) is 77.1 Å². The highest BCUT2D eigenvalue weighted by Crippen LogP contribution is 2.66. The topological polar surface area (TPSA) is 388 Å². The van der Waals surface area contributed by atoms with Gasteiger partial charge in [0.15, 0.2) is 5.71 Å². The molecular weight excluding hydrogens is 1140 g/mol. The van der Waals surface area contributed by atoms with Crippen LogP contribution in [-0.4, -0.2) is 108 Å². The normalized spacial score (nSPS) is 21.4. The number of anilines is 1. The molecule has 7 rings (SSSR count). The van der Waals surface area contributed by atoms with Gasteiger partial charge in [-0.25, -0.2) is 18.5 Å². The summed E-state index contributed by atoms with van der Waals surface area (Å²) < 4.78 is 124. The number of amides is 1. The van der Waals surface area contributed by atoms with Crippen molar-refractivity contribution in [1.82, 2.24) is 14.9 Å². The number of benzene rings is 3. The molecule has 428 valence electrons. The number of aliphatic hydroxyl groups is 1. The van der Waals surface area contributed by atoms with Crippen molar-refractivity contribution >= 4 is 83.5 Å². The van der Waals surface area contributed by atoms with Crippen molar-refractivity contribution in [2.45, 2.75) is 106 Å². The number of fused-ring (bicyclic) bond motifs is 4. The van der Waals surface area contributed by atoms with Crippen LogP contribution in [0, 0.1) is 0 Å². The van der Waals surface area contributed by atoms with Crippen LogP contribution >= 0.6 is 23.5 Å². The maximum Gasteiger partial charge on any atom is 0.490 e. The van der Waals surface area contributed by atoms with E-state index in [1.54, 1.807) is 18.2 Å². The van der Waals surface area contributed by atoms with E-state index in [0.717, 1.165) is 44.7 Å². The number of hydrogen-bond donors (Lipinski definition) is 9. The Morgan fingerprint density at radius 2 is 1.61 bits per heavy atom. The van der Waals surface area contributed by atoms with E-state index in [9.17, 15) is 68.9 Å². The highest BCUT2D eigenvalue weighted by atomic mass is 32.2. The number of allylic oxidation sites excluding steroid dienone is 6. The van der Waals surface area contributed by atoms with E-state index in [2.05, 4.69) is 32.9 Å². The highest BCUT2D eigenvalue weighted by molar-refractivity contribution is 7.86. The molecule has 0 radical (unpaired) electrons. The number of unbranched alkanes of at least 4 members (excludes halogenated alkanes) is 2. The van der Waals surface area contributed by atoms with Gasteiger partial charge in [0.05, 0.1) is 28.6 Å². The zero-order valence-electron chi connectivity index (χ0n) is 43.0. The minimum Gasteiger partial charge on any atom is -0.390 e. The van der Waals surface area contributed by atoms with Crippen molar-refractivity contribution in [2.75, 3.05) is 24.6 Å². The van der Waals surface area contributed by atoms with Gasteiger partial charge >= 0.3 is 29.2 Å². The third kappa shape index (κ3) is 14.1. The second kappa shape index (κ2) is 23.3. The number of phosphoric ester groups is 1. The van der Waals surface area contributed by atoms with Gasteiger partial charge in [-0.3, -0.25) is 32.8 Å². The molecule has 1 fully saturated rings. The smallest absolute Gasteiger partial charge is 0.390 e. The van der Waals surface area contributed by atoms with Gasteiger partial charge in [-0.05, 0) is 87.0 Å². The van der Waals surface area contributed by atoms with E-state index in [0.29, 0.717) is 43.1 Å². The Hall–Kier alpha value is -5.35. The quantitative estimate of drug-likeness (QED) is 0.0149. The number of ether oxygens (including phenoxy) is 1. The molecule has 9 N–H and O–H groups in total. The number of H-pyrrole nitrogens is 1. The van der Waals surface area contributed by atoms with Crippen molar-refractivity contribution in [3.05, 3.63) is 135 Å². The molecule has 1 saturated heterocycles. The van der Waals surface area contributed by atoms with E-state index in [-0.39, 0.29) is 28.2 Å². The lowest BCUT2D eigenvalue weighted by molar-refractivity contribution is -0.438. The monoisotopic (exact) mass is 1200 g/mol. The third-order valence-corrected chi connectivity index (χ3v) is 19.0. The molecule has 3 aromatic carbocycles. The largest absolute Gasteiger partial charge is 0.490 e. The van der Waals surface area contributed by atoms with Gasteiger partial charge in [-0.1, -0.05) is 44.2 Å². The van der Waals surface area contributed by atoms with Gasteiger partial charge < -0.3 is 39.6 Å². The van der Waals surface area contributed by atoms with Gasteiger partial charge in [-0.15, -0.1) is 0 Å². The average molecular weight is 1200 g/mol.